The molecule has 0 unspecified atom stereocenters. The molecule has 0 atom stereocenters. The van der Waals surface area contributed by atoms with Crippen molar-refractivity contribution in [3.8, 4) is 11.6 Å². The molecule has 9 nitrogen and oxygen atoms in total. The summed E-state index contributed by atoms with van der Waals surface area (Å²) < 4.78 is 41.8. The second-order valence-electron chi connectivity index (χ2n) is 7.13. The second kappa shape index (κ2) is 9.15. The van der Waals surface area contributed by atoms with Crippen molar-refractivity contribution >= 4 is 49.5 Å². The largest absolute Gasteiger partial charge is 0.494 e. The number of thiophene rings is 1. The molecule has 34 heavy (non-hydrogen) atoms. The molecule has 4 N–H and O–H groups in total. The summed E-state index contributed by atoms with van der Waals surface area (Å²) in [6.07, 6.45) is 0. The van der Waals surface area contributed by atoms with Crippen LogP contribution < -0.4 is 20.9 Å². The normalized spacial score (nSPS) is 11.4. The van der Waals surface area contributed by atoms with E-state index in [9.17, 15) is 27.5 Å². The summed E-state index contributed by atoms with van der Waals surface area (Å²) in [5.41, 5.74) is -0.174. The van der Waals surface area contributed by atoms with Gasteiger partial charge in [0.25, 0.3) is 15.6 Å². The number of sulfonamides is 1. The lowest BCUT2D eigenvalue weighted by Crippen LogP contribution is -2.34. The maximum Gasteiger partial charge on any atom is 0.333 e. The van der Waals surface area contributed by atoms with E-state index in [1.165, 1.54) is 30.3 Å². The quantitative estimate of drug-likeness (QED) is 0.317. The van der Waals surface area contributed by atoms with Gasteiger partial charge in [-0.1, -0.05) is 6.07 Å². The molecule has 2 heterocycles. The molecular formula is C22H19FN4O5S2. The van der Waals surface area contributed by atoms with Crippen LogP contribution in [0.2, 0.25) is 0 Å². The zero-order valence-corrected chi connectivity index (χ0v) is 19.3. The van der Waals surface area contributed by atoms with E-state index in [0.717, 1.165) is 27.7 Å². The van der Waals surface area contributed by atoms with Gasteiger partial charge in [-0.3, -0.25) is 4.79 Å². The number of fused-ring (bicyclic) bond motifs is 1. The summed E-state index contributed by atoms with van der Waals surface area (Å²) in [7, 11) is -4.06. The minimum atomic E-state index is -4.06. The van der Waals surface area contributed by atoms with Crippen molar-refractivity contribution in [1.82, 2.24) is 9.29 Å². The van der Waals surface area contributed by atoms with Gasteiger partial charge >= 0.3 is 6.03 Å². The van der Waals surface area contributed by atoms with Crippen LogP contribution in [0.5, 0.6) is 5.88 Å². The van der Waals surface area contributed by atoms with Crippen LogP contribution in [-0.4, -0.2) is 30.7 Å². The number of hydrogen-bond acceptors (Lipinski definition) is 7. The number of urea groups is 1. The summed E-state index contributed by atoms with van der Waals surface area (Å²) in [4.78, 5) is 24.8. The van der Waals surface area contributed by atoms with Crippen molar-refractivity contribution in [3.05, 3.63) is 76.1 Å². The van der Waals surface area contributed by atoms with Crippen molar-refractivity contribution in [2.75, 3.05) is 17.2 Å². The van der Waals surface area contributed by atoms with Gasteiger partial charge in [0.1, 0.15) is 10.0 Å². The minimum Gasteiger partial charge on any atom is -0.494 e. The van der Waals surface area contributed by atoms with E-state index in [4.69, 9.17) is 0 Å². The Kier molecular flexibility index (Phi) is 6.26. The number of carbonyl (C=O) groups is 1. The zero-order valence-electron chi connectivity index (χ0n) is 17.7. The molecule has 0 aliphatic heterocycles. The Morgan fingerprint density at radius 3 is 2.56 bits per heavy atom. The molecule has 0 spiro atoms. The number of carbonyl (C=O) groups excluding carboxylic acids is 1. The lowest BCUT2D eigenvalue weighted by molar-refractivity contribution is 0.256. The number of amides is 2. The fourth-order valence-electron chi connectivity index (χ4n) is 3.37. The van der Waals surface area contributed by atoms with Crippen LogP contribution >= 0.6 is 11.3 Å². The van der Waals surface area contributed by atoms with Crippen LogP contribution in [0.25, 0.3) is 16.5 Å². The Hall–Kier alpha value is -3.90. The number of rotatable bonds is 6. The predicted octanol–water partition coefficient (Wildman–Crippen LogP) is 3.84. The van der Waals surface area contributed by atoms with Crippen molar-refractivity contribution < 1.29 is 22.7 Å². The Morgan fingerprint density at radius 1 is 1.12 bits per heavy atom. The van der Waals surface area contributed by atoms with Crippen LogP contribution in [0.4, 0.5) is 20.6 Å². The van der Waals surface area contributed by atoms with Gasteiger partial charge in [-0.15, -0.1) is 11.3 Å². The number of pyridine rings is 1. The van der Waals surface area contributed by atoms with Crippen molar-refractivity contribution in [1.29, 1.82) is 0 Å². The van der Waals surface area contributed by atoms with Crippen LogP contribution in [0, 0.1) is 5.82 Å². The molecule has 0 fully saturated rings. The van der Waals surface area contributed by atoms with Gasteiger partial charge in [-0.2, -0.15) is 0 Å². The molecule has 2 amide bonds. The fraction of sp³-hybridized carbons (Fsp3) is 0.0909. The number of nitrogens with zero attached hydrogens (tertiary/aromatic N) is 1. The Bertz CT molecular complexity index is 1550. The topological polar surface area (TPSA) is 130 Å². The first-order chi connectivity index (χ1) is 16.2. The highest BCUT2D eigenvalue weighted by atomic mass is 32.2. The molecule has 0 saturated carbocycles. The van der Waals surface area contributed by atoms with Crippen molar-refractivity contribution in [2.45, 2.75) is 11.1 Å². The Morgan fingerprint density at radius 2 is 1.88 bits per heavy atom. The van der Waals surface area contributed by atoms with Crippen molar-refractivity contribution in [3.63, 3.8) is 0 Å². The van der Waals surface area contributed by atoms with Gasteiger partial charge in [-0.25, -0.2) is 26.9 Å². The van der Waals surface area contributed by atoms with Gasteiger partial charge in [0.2, 0.25) is 5.88 Å². The van der Waals surface area contributed by atoms with Crippen LogP contribution in [0.1, 0.15) is 6.92 Å². The average Bonchev–Trinajstić information content (AvgIpc) is 3.31. The molecule has 4 aromatic rings. The number of hydrogen-bond donors (Lipinski definition) is 4. The standard InChI is InChI=1S/C22H19FN4O5S2/c1-2-24-14-5-7-16-13(10-14)11-19(28)27(21(16)29)18-8-6-15(12-17(18)23)25-22(30)26-34(31,32)20-4-3-9-33-20/h3-12,24,29H,2H2,1H3,(H2,25,26,30). The molecule has 4 rings (SSSR count). The molecule has 0 saturated heterocycles. The third kappa shape index (κ3) is 4.58. The average molecular weight is 503 g/mol. The highest BCUT2D eigenvalue weighted by Gasteiger charge is 2.20. The van der Waals surface area contributed by atoms with Gasteiger partial charge < -0.3 is 15.7 Å². The number of aromatic nitrogens is 1. The third-order valence-corrected chi connectivity index (χ3v) is 7.55. The zero-order chi connectivity index (χ0) is 24.5. The third-order valence-electron chi connectivity index (χ3n) is 4.82. The summed E-state index contributed by atoms with van der Waals surface area (Å²) in [6.45, 7) is 2.60. The fourth-order valence-corrected chi connectivity index (χ4v) is 5.27. The lowest BCUT2D eigenvalue weighted by Gasteiger charge is -2.14. The molecule has 2 aromatic heterocycles. The SMILES string of the molecule is CCNc1ccc2c(O)n(-c3ccc(NC(=O)NS(=O)(=O)c4cccs4)cc3F)c(=O)cc2c1. The smallest absolute Gasteiger partial charge is 0.333 e. The highest BCUT2D eigenvalue weighted by Crippen LogP contribution is 2.29. The van der Waals surface area contributed by atoms with E-state index < -0.39 is 33.3 Å². The number of halogens is 1. The Balaban J connectivity index is 1.61. The number of nitrogens with one attached hydrogen (secondary N) is 3. The van der Waals surface area contributed by atoms with Gasteiger partial charge in [-0.05, 0) is 60.2 Å². The summed E-state index contributed by atoms with van der Waals surface area (Å²) in [6, 6.07) is 11.5. The number of benzene rings is 2. The van der Waals surface area contributed by atoms with Crippen LogP contribution in [-0.2, 0) is 10.0 Å². The van der Waals surface area contributed by atoms with Gasteiger partial charge in [0, 0.05) is 29.4 Å². The highest BCUT2D eigenvalue weighted by molar-refractivity contribution is 7.92. The van der Waals surface area contributed by atoms with E-state index in [0.29, 0.717) is 17.3 Å². The maximum atomic E-state index is 14.9. The first kappa shape index (κ1) is 23.3. The molecule has 0 radical (unpaired) electrons. The molecule has 0 aliphatic rings. The van der Waals surface area contributed by atoms with E-state index in [1.54, 1.807) is 23.6 Å². The summed E-state index contributed by atoms with van der Waals surface area (Å²) in [5, 5.41) is 18.4. The first-order valence-corrected chi connectivity index (χ1v) is 12.4. The van der Waals surface area contributed by atoms with E-state index >= 15 is 0 Å². The van der Waals surface area contributed by atoms with Crippen LogP contribution in [0.3, 0.4) is 0 Å². The number of anilines is 2. The van der Waals surface area contributed by atoms with Gasteiger partial charge in [0.05, 0.1) is 5.69 Å². The molecule has 2 aromatic carbocycles. The predicted molar refractivity (Wildman–Crippen MR) is 129 cm³/mol. The molecule has 0 bridgehead atoms. The van der Waals surface area contributed by atoms with Crippen molar-refractivity contribution in [2.24, 2.45) is 0 Å². The minimum absolute atomic E-state index is 0.0482. The van der Waals surface area contributed by atoms with E-state index in [2.05, 4.69) is 10.6 Å². The molecule has 176 valence electrons. The summed E-state index contributed by atoms with van der Waals surface area (Å²) >= 11 is 0.937. The monoisotopic (exact) mass is 502 g/mol. The second-order valence-corrected chi connectivity index (χ2v) is 9.99. The van der Waals surface area contributed by atoms with E-state index in [1.807, 2.05) is 11.6 Å². The molecule has 0 aliphatic carbocycles. The van der Waals surface area contributed by atoms with E-state index in [-0.39, 0.29) is 15.6 Å². The lowest BCUT2D eigenvalue weighted by atomic mass is 10.1. The number of aromatic hydroxyl groups is 1. The summed E-state index contributed by atoms with van der Waals surface area (Å²) in [5.74, 6) is -1.36. The molecular weight excluding hydrogens is 483 g/mol. The molecule has 12 heteroatoms. The van der Waals surface area contributed by atoms with Gasteiger partial charge in [0.15, 0.2) is 0 Å². The van der Waals surface area contributed by atoms with Crippen LogP contribution in [0.15, 0.2) is 69.0 Å². The maximum absolute atomic E-state index is 14.9. The Labute approximate surface area is 197 Å². The first-order valence-electron chi connectivity index (χ1n) is 9.99.